The lowest BCUT2D eigenvalue weighted by atomic mass is 10.00. The maximum Gasteiger partial charge on any atom is 0.131 e. The number of nitrogens with one attached hydrogen (secondary N) is 1. The summed E-state index contributed by atoms with van der Waals surface area (Å²) in [5.74, 6) is 5.67. The molecule has 0 amide bonds. The van der Waals surface area contributed by atoms with Crippen LogP contribution in [0.1, 0.15) is 17.2 Å². The molecule has 0 radical (unpaired) electrons. The van der Waals surface area contributed by atoms with Gasteiger partial charge in [-0.2, -0.15) is 0 Å². The summed E-state index contributed by atoms with van der Waals surface area (Å²) < 4.78 is 19.0. The van der Waals surface area contributed by atoms with Crippen LogP contribution in [0.25, 0.3) is 0 Å². The quantitative estimate of drug-likeness (QED) is 0.638. The molecule has 0 aliphatic heterocycles. The van der Waals surface area contributed by atoms with Crippen LogP contribution < -0.4 is 16.0 Å². The minimum absolute atomic E-state index is 0.310. The second-order valence-electron chi connectivity index (χ2n) is 4.17. The average Bonchev–Trinajstić information content (AvgIpc) is 2.46. The number of rotatable bonds is 5. The predicted molar refractivity (Wildman–Crippen MR) is 71.0 cm³/mol. The summed E-state index contributed by atoms with van der Waals surface area (Å²) in [6, 6.07) is 8.20. The molecule has 5 heteroatoms. The van der Waals surface area contributed by atoms with E-state index in [1.165, 1.54) is 13.2 Å². The van der Waals surface area contributed by atoms with Crippen molar-refractivity contribution in [2.75, 3.05) is 7.11 Å². The Morgan fingerprint density at radius 3 is 2.84 bits per heavy atom. The van der Waals surface area contributed by atoms with Crippen LogP contribution in [0.4, 0.5) is 4.39 Å². The van der Waals surface area contributed by atoms with Gasteiger partial charge in [-0.05, 0) is 24.1 Å². The van der Waals surface area contributed by atoms with E-state index in [1.807, 2.05) is 12.1 Å². The number of halogens is 1. The maximum atomic E-state index is 14.0. The molecule has 1 aromatic carbocycles. The van der Waals surface area contributed by atoms with Gasteiger partial charge in [0.05, 0.1) is 13.2 Å². The van der Waals surface area contributed by atoms with E-state index in [-0.39, 0.29) is 11.9 Å². The topological polar surface area (TPSA) is 60.2 Å². The third kappa shape index (κ3) is 3.27. The van der Waals surface area contributed by atoms with Crippen molar-refractivity contribution in [2.45, 2.75) is 12.5 Å². The first kappa shape index (κ1) is 13.5. The molecule has 0 saturated carbocycles. The minimum Gasteiger partial charge on any atom is -0.497 e. The molecule has 4 nitrogen and oxygen atoms in total. The van der Waals surface area contributed by atoms with Crippen LogP contribution in [0.5, 0.6) is 5.75 Å². The zero-order chi connectivity index (χ0) is 13.7. The normalized spacial score (nSPS) is 12.2. The third-order valence-corrected chi connectivity index (χ3v) is 2.95. The van der Waals surface area contributed by atoms with E-state index in [0.29, 0.717) is 17.7 Å². The molecule has 1 atom stereocenters. The number of nitrogens with two attached hydrogens (primary N) is 1. The molecule has 0 saturated heterocycles. The minimum atomic E-state index is -0.341. The molecule has 0 spiro atoms. The van der Waals surface area contributed by atoms with Crippen molar-refractivity contribution < 1.29 is 9.13 Å². The summed E-state index contributed by atoms with van der Waals surface area (Å²) >= 11 is 0. The second-order valence-corrected chi connectivity index (χ2v) is 4.17. The fourth-order valence-electron chi connectivity index (χ4n) is 1.93. The molecule has 3 N–H and O–H groups in total. The fraction of sp³-hybridized carbons (Fsp3) is 0.214. The van der Waals surface area contributed by atoms with E-state index in [0.717, 1.165) is 5.56 Å². The molecule has 1 unspecified atom stereocenters. The van der Waals surface area contributed by atoms with Gasteiger partial charge in [0.25, 0.3) is 0 Å². The van der Waals surface area contributed by atoms with E-state index >= 15 is 0 Å². The molecular weight excluding hydrogens is 245 g/mol. The number of hydrogen-bond donors (Lipinski definition) is 2. The lowest BCUT2D eigenvalue weighted by Crippen LogP contribution is -2.30. The van der Waals surface area contributed by atoms with Gasteiger partial charge in [0, 0.05) is 24.0 Å². The Balaban J connectivity index is 2.22. The summed E-state index contributed by atoms with van der Waals surface area (Å²) in [5.41, 5.74) is 4.13. The Hall–Kier alpha value is -1.98. The van der Waals surface area contributed by atoms with Gasteiger partial charge in [0.2, 0.25) is 0 Å². The SMILES string of the molecule is COc1ccc(C(Cc2cccnc2)NN)c(F)c1. The molecule has 2 aromatic rings. The monoisotopic (exact) mass is 261 g/mol. The van der Waals surface area contributed by atoms with Crippen molar-refractivity contribution >= 4 is 0 Å². The molecule has 0 bridgehead atoms. The maximum absolute atomic E-state index is 14.0. The first-order valence-corrected chi connectivity index (χ1v) is 5.93. The molecule has 2 rings (SSSR count). The van der Waals surface area contributed by atoms with Gasteiger partial charge in [-0.15, -0.1) is 0 Å². The largest absolute Gasteiger partial charge is 0.497 e. The van der Waals surface area contributed by atoms with Crippen LogP contribution in [0.15, 0.2) is 42.7 Å². The van der Waals surface area contributed by atoms with E-state index in [1.54, 1.807) is 24.5 Å². The lowest BCUT2D eigenvalue weighted by Gasteiger charge is -2.17. The Labute approximate surface area is 111 Å². The van der Waals surface area contributed by atoms with Crippen molar-refractivity contribution in [3.8, 4) is 5.75 Å². The number of ether oxygens (including phenoxy) is 1. The average molecular weight is 261 g/mol. The zero-order valence-electron chi connectivity index (χ0n) is 10.6. The molecule has 1 aromatic heterocycles. The number of methoxy groups -OCH3 is 1. The molecule has 0 fully saturated rings. The summed E-state index contributed by atoms with van der Waals surface area (Å²) in [6.45, 7) is 0. The zero-order valence-corrected chi connectivity index (χ0v) is 10.6. The Morgan fingerprint density at radius 1 is 1.42 bits per heavy atom. The number of hydrogen-bond acceptors (Lipinski definition) is 4. The van der Waals surface area contributed by atoms with Crippen molar-refractivity contribution in [1.29, 1.82) is 0 Å². The van der Waals surface area contributed by atoms with Gasteiger partial charge >= 0.3 is 0 Å². The third-order valence-electron chi connectivity index (χ3n) is 2.95. The molecular formula is C14H16FN3O. The van der Waals surface area contributed by atoms with Crippen molar-refractivity contribution in [1.82, 2.24) is 10.4 Å². The summed E-state index contributed by atoms with van der Waals surface area (Å²) in [6.07, 6.45) is 4.00. The Bertz CT molecular complexity index is 533. The highest BCUT2D eigenvalue weighted by Gasteiger charge is 2.15. The standard InChI is InChI=1S/C14H16FN3O/c1-19-11-4-5-12(13(15)8-11)14(18-16)7-10-3-2-6-17-9-10/h2-6,8-9,14,18H,7,16H2,1H3. The highest BCUT2D eigenvalue weighted by Crippen LogP contribution is 2.24. The summed E-state index contributed by atoms with van der Waals surface area (Å²) in [5, 5.41) is 0. The predicted octanol–water partition coefficient (Wildman–Crippen LogP) is 1.98. The van der Waals surface area contributed by atoms with Crippen LogP contribution in [-0.4, -0.2) is 12.1 Å². The van der Waals surface area contributed by atoms with Gasteiger partial charge in [-0.25, -0.2) is 4.39 Å². The van der Waals surface area contributed by atoms with Gasteiger partial charge in [0.15, 0.2) is 0 Å². The number of nitrogens with zero attached hydrogens (tertiary/aromatic N) is 1. The lowest BCUT2D eigenvalue weighted by molar-refractivity contribution is 0.409. The molecule has 0 aliphatic carbocycles. The van der Waals surface area contributed by atoms with E-state index < -0.39 is 0 Å². The molecule has 100 valence electrons. The first-order chi connectivity index (χ1) is 9.24. The van der Waals surface area contributed by atoms with Crippen LogP contribution in [0.2, 0.25) is 0 Å². The van der Waals surface area contributed by atoms with Crippen molar-refractivity contribution in [3.05, 3.63) is 59.7 Å². The number of benzene rings is 1. The molecule has 19 heavy (non-hydrogen) atoms. The van der Waals surface area contributed by atoms with E-state index in [9.17, 15) is 4.39 Å². The fourth-order valence-corrected chi connectivity index (χ4v) is 1.93. The van der Waals surface area contributed by atoms with Gasteiger partial charge < -0.3 is 4.74 Å². The van der Waals surface area contributed by atoms with Gasteiger partial charge in [0.1, 0.15) is 11.6 Å². The highest BCUT2D eigenvalue weighted by atomic mass is 19.1. The van der Waals surface area contributed by atoms with Gasteiger partial charge in [-0.1, -0.05) is 12.1 Å². The number of aromatic nitrogens is 1. The van der Waals surface area contributed by atoms with Crippen molar-refractivity contribution in [2.24, 2.45) is 5.84 Å². The van der Waals surface area contributed by atoms with Gasteiger partial charge in [-0.3, -0.25) is 16.3 Å². The highest BCUT2D eigenvalue weighted by molar-refractivity contribution is 5.31. The second kappa shape index (κ2) is 6.26. The smallest absolute Gasteiger partial charge is 0.131 e. The number of hydrazine groups is 1. The summed E-state index contributed by atoms with van der Waals surface area (Å²) in [7, 11) is 1.50. The Kier molecular flexibility index (Phi) is 4.43. The number of pyridine rings is 1. The summed E-state index contributed by atoms with van der Waals surface area (Å²) in [4.78, 5) is 4.03. The van der Waals surface area contributed by atoms with Crippen LogP contribution in [0.3, 0.4) is 0 Å². The van der Waals surface area contributed by atoms with Crippen LogP contribution >= 0.6 is 0 Å². The first-order valence-electron chi connectivity index (χ1n) is 5.93. The van der Waals surface area contributed by atoms with E-state index in [4.69, 9.17) is 10.6 Å². The van der Waals surface area contributed by atoms with Crippen molar-refractivity contribution in [3.63, 3.8) is 0 Å². The Morgan fingerprint density at radius 2 is 2.26 bits per heavy atom. The van der Waals surface area contributed by atoms with E-state index in [2.05, 4.69) is 10.4 Å². The molecule has 0 aliphatic rings. The van der Waals surface area contributed by atoms with Crippen LogP contribution in [0, 0.1) is 5.82 Å². The molecule has 1 heterocycles. The van der Waals surface area contributed by atoms with Crippen LogP contribution in [-0.2, 0) is 6.42 Å².